The van der Waals surface area contributed by atoms with E-state index < -0.39 is 0 Å². The van der Waals surface area contributed by atoms with E-state index in [0.717, 1.165) is 29.3 Å². The van der Waals surface area contributed by atoms with Gasteiger partial charge in [0, 0.05) is 11.3 Å². The fourth-order valence-electron chi connectivity index (χ4n) is 1.77. The van der Waals surface area contributed by atoms with Crippen LogP contribution in [0.3, 0.4) is 0 Å². The van der Waals surface area contributed by atoms with E-state index in [1.54, 1.807) is 6.07 Å². The topological polar surface area (TPSA) is 40.7 Å². The first-order chi connectivity index (χ1) is 8.20. The van der Waals surface area contributed by atoms with Gasteiger partial charge in [0.15, 0.2) is 0 Å². The molecule has 0 aliphatic heterocycles. The van der Waals surface area contributed by atoms with Crippen molar-refractivity contribution >= 4 is 0 Å². The largest absolute Gasteiger partial charge is 0.344 e. The normalized spacial score (nSPS) is 10.8. The molecule has 0 aliphatic rings. The minimum absolute atomic E-state index is 0.238. The van der Waals surface area contributed by atoms with Crippen molar-refractivity contribution in [2.24, 2.45) is 0 Å². The first-order valence-electron chi connectivity index (χ1n) is 5.73. The molecular weight excluding hydrogens is 217 g/mol. The van der Waals surface area contributed by atoms with Gasteiger partial charge in [0.25, 0.3) is 0 Å². The maximum absolute atomic E-state index is 13.1. The number of imidazole rings is 1. The fourth-order valence-corrected chi connectivity index (χ4v) is 1.77. The first-order valence-corrected chi connectivity index (χ1v) is 5.73. The van der Waals surface area contributed by atoms with Crippen LogP contribution in [0.4, 0.5) is 4.39 Å². The minimum Gasteiger partial charge on any atom is -0.344 e. The van der Waals surface area contributed by atoms with Crippen LogP contribution in [0.5, 0.6) is 0 Å². The third-order valence-corrected chi connectivity index (χ3v) is 2.57. The highest BCUT2D eigenvalue weighted by Gasteiger charge is 2.08. The van der Waals surface area contributed by atoms with Crippen LogP contribution in [0.25, 0.3) is 11.3 Å². The zero-order chi connectivity index (χ0) is 12.3. The first kappa shape index (κ1) is 11.8. The number of H-pyrrole nitrogens is 1. The number of halogens is 1. The maximum Gasteiger partial charge on any atom is 0.123 e. The quantitative estimate of drug-likeness (QED) is 0.852. The molecule has 0 radical (unpaired) electrons. The number of rotatable bonds is 4. The van der Waals surface area contributed by atoms with Crippen molar-refractivity contribution < 1.29 is 4.39 Å². The van der Waals surface area contributed by atoms with Gasteiger partial charge in [-0.2, -0.15) is 0 Å². The maximum atomic E-state index is 13.1. The molecule has 0 bridgehead atoms. The van der Waals surface area contributed by atoms with E-state index in [1.807, 2.05) is 19.9 Å². The molecule has 1 aromatic carbocycles. The lowest BCUT2D eigenvalue weighted by atomic mass is 10.1. The van der Waals surface area contributed by atoms with E-state index in [9.17, 15) is 4.39 Å². The van der Waals surface area contributed by atoms with Crippen molar-refractivity contribution in [2.45, 2.75) is 20.4 Å². The molecule has 0 amide bonds. The number of aromatic nitrogens is 2. The molecule has 0 unspecified atom stereocenters. The molecule has 90 valence electrons. The second-order valence-corrected chi connectivity index (χ2v) is 3.95. The second-order valence-electron chi connectivity index (χ2n) is 3.95. The number of aryl methyl sites for hydroxylation is 1. The molecule has 2 rings (SSSR count). The molecule has 3 nitrogen and oxygen atoms in total. The second kappa shape index (κ2) is 5.10. The molecule has 0 aliphatic carbocycles. The summed E-state index contributed by atoms with van der Waals surface area (Å²) in [5.74, 6) is 0.641. The Morgan fingerprint density at radius 1 is 1.41 bits per heavy atom. The summed E-state index contributed by atoms with van der Waals surface area (Å²) in [5, 5.41) is 3.20. The number of benzene rings is 1. The standard InChI is InChI=1S/C13H16FN3/c1-3-15-8-12-16-9(2)13(17-12)10-5-4-6-11(14)7-10/h4-7,15H,3,8H2,1-2H3,(H,16,17). The number of hydrogen-bond acceptors (Lipinski definition) is 2. The monoisotopic (exact) mass is 233 g/mol. The Bertz CT molecular complexity index is 505. The van der Waals surface area contributed by atoms with Crippen molar-refractivity contribution in [2.75, 3.05) is 6.54 Å². The van der Waals surface area contributed by atoms with Crippen LogP contribution in [-0.2, 0) is 6.54 Å². The summed E-state index contributed by atoms with van der Waals surface area (Å²) >= 11 is 0. The molecule has 0 fully saturated rings. The van der Waals surface area contributed by atoms with Crippen molar-refractivity contribution in [3.8, 4) is 11.3 Å². The summed E-state index contributed by atoms with van der Waals surface area (Å²) in [6.07, 6.45) is 0. The van der Waals surface area contributed by atoms with Crippen LogP contribution < -0.4 is 5.32 Å². The van der Waals surface area contributed by atoms with E-state index in [-0.39, 0.29) is 5.82 Å². The van der Waals surface area contributed by atoms with Crippen LogP contribution >= 0.6 is 0 Å². The third-order valence-electron chi connectivity index (χ3n) is 2.57. The SMILES string of the molecule is CCNCc1nc(-c2cccc(F)c2)c(C)[nH]1. The number of nitrogens with one attached hydrogen (secondary N) is 2. The Hall–Kier alpha value is -1.68. The van der Waals surface area contributed by atoms with Gasteiger partial charge in [0.05, 0.1) is 12.2 Å². The lowest BCUT2D eigenvalue weighted by molar-refractivity contribution is 0.628. The van der Waals surface area contributed by atoms with Crippen molar-refractivity contribution in [3.05, 3.63) is 41.6 Å². The van der Waals surface area contributed by atoms with Crippen LogP contribution in [0.2, 0.25) is 0 Å². The molecule has 1 heterocycles. The van der Waals surface area contributed by atoms with Crippen molar-refractivity contribution in [3.63, 3.8) is 0 Å². The minimum atomic E-state index is -0.238. The van der Waals surface area contributed by atoms with Gasteiger partial charge >= 0.3 is 0 Å². The molecule has 0 saturated carbocycles. The summed E-state index contributed by atoms with van der Waals surface area (Å²) in [7, 11) is 0. The van der Waals surface area contributed by atoms with Gasteiger partial charge in [-0.05, 0) is 25.6 Å². The summed E-state index contributed by atoms with van der Waals surface area (Å²) in [5.41, 5.74) is 2.59. The lowest BCUT2D eigenvalue weighted by Crippen LogP contribution is -2.12. The highest BCUT2D eigenvalue weighted by molar-refractivity contribution is 5.61. The number of nitrogens with zero attached hydrogens (tertiary/aromatic N) is 1. The summed E-state index contributed by atoms with van der Waals surface area (Å²) in [6, 6.07) is 6.50. The van der Waals surface area contributed by atoms with Crippen LogP contribution in [-0.4, -0.2) is 16.5 Å². The Balaban J connectivity index is 2.29. The smallest absolute Gasteiger partial charge is 0.123 e. The van der Waals surface area contributed by atoms with Crippen LogP contribution in [0.1, 0.15) is 18.4 Å². The Kier molecular flexibility index (Phi) is 3.54. The van der Waals surface area contributed by atoms with Gasteiger partial charge in [0.2, 0.25) is 0 Å². The van der Waals surface area contributed by atoms with E-state index in [2.05, 4.69) is 15.3 Å². The third kappa shape index (κ3) is 2.71. The van der Waals surface area contributed by atoms with Crippen molar-refractivity contribution in [1.29, 1.82) is 0 Å². The number of hydrogen-bond donors (Lipinski definition) is 2. The van der Waals surface area contributed by atoms with Gasteiger partial charge in [0.1, 0.15) is 11.6 Å². The average molecular weight is 233 g/mol. The lowest BCUT2D eigenvalue weighted by Gasteiger charge is -1.98. The molecule has 0 atom stereocenters. The van der Waals surface area contributed by atoms with E-state index in [0.29, 0.717) is 6.54 Å². The van der Waals surface area contributed by atoms with E-state index in [4.69, 9.17) is 0 Å². The van der Waals surface area contributed by atoms with Gasteiger partial charge in [-0.25, -0.2) is 9.37 Å². The fraction of sp³-hybridized carbons (Fsp3) is 0.308. The van der Waals surface area contributed by atoms with E-state index in [1.165, 1.54) is 12.1 Å². The summed E-state index contributed by atoms with van der Waals surface area (Å²) in [6.45, 7) is 5.59. The van der Waals surface area contributed by atoms with Crippen molar-refractivity contribution in [1.82, 2.24) is 15.3 Å². The molecular formula is C13H16FN3. The summed E-state index contributed by atoms with van der Waals surface area (Å²) < 4.78 is 13.1. The molecule has 0 saturated heterocycles. The average Bonchev–Trinajstić information content (AvgIpc) is 2.68. The Morgan fingerprint density at radius 3 is 2.94 bits per heavy atom. The zero-order valence-corrected chi connectivity index (χ0v) is 10.0. The number of aromatic amines is 1. The highest BCUT2D eigenvalue weighted by atomic mass is 19.1. The van der Waals surface area contributed by atoms with Gasteiger partial charge in [-0.3, -0.25) is 0 Å². The molecule has 0 spiro atoms. The predicted molar refractivity (Wildman–Crippen MR) is 66.1 cm³/mol. The van der Waals surface area contributed by atoms with Crippen LogP contribution in [0, 0.1) is 12.7 Å². The van der Waals surface area contributed by atoms with Gasteiger partial charge < -0.3 is 10.3 Å². The van der Waals surface area contributed by atoms with Gasteiger partial charge in [-0.15, -0.1) is 0 Å². The molecule has 2 aromatic rings. The molecule has 17 heavy (non-hydrogen) atoms. The Labute approximate surface area is 100 Å². The molecule has 1 aromatic heterocycles. The predicted octanol–water partition coefficient (Wildman–Crippen LogP) is 2.63. The molecule has 2 N–H and O–H groups in total. The van der Waals surface area contributed by atoms with Crippen LogP contribution in [0.15, 0.2) is 24.3 Å². The molecule has 4 heteroatoms. The van der Waals surface area contributed by atoms with E-state index >= 15 is 0 Å². The highest BCUT2D eigenvalue weighted by Crippen LogP contribution is 2.21. The zero-order valence-electron chi connectivity index (χ0n) is 10.0. The Morgan fingerprint density at radius 2 is 2.24 bits per heavy atom. The summed E-state index contributed by atoms with van der Waals surface area (Å²) in [4.78, 5) is 7.68. The van der Waals surface area contributed by atoms with Gasteiger partial charge in [-0.1, -0.05) is 19.1 Å².